The summed E-state index contributed by atoms with van der Waals surface area (Å²) in [5, 5.41) is 9.64. The third-order valence-electron chi connectivity index (χ3n) is 2.32. The zero-order valence-corrected chi connectivity index (χ0v) is 11.2. The summed E-state index contributed by atoms with van der Waals surface area (Å²) in [6.45, 7) is 2.82. The van der Waals surface area contributed by atoms with Crippen molar-refractivity contribution < 1.29 is 4.79 Å². The van der Waals surface area contributed by atoms with Crippen LogP contribution >= 0.6 is 22.7 Å². The molecule has 1 N–H and O–H groups in total. The number of nitrogens with zero attached hydrogens (tertiary/aromatic N) is 1. The van der Waals surface area contributed by atoms with Crippen molar-refractivity contribution in [3.05, 3.63) is 27.9 Å². The van der Waals surface area contributed by atoms with Crippen LogP contribution < -0.4 is 5.32 Å². The normalized spacial score (nSPS) is 10.4. The third-order valence-corrected chi connectivity index (χ3v) is 3.90. The van der Waals surface area contributed by atoms with Crippen LogP contribution in [0, 0.1) is 0 Å². The maximum atomic E-state index is 11.7. The molecule has 17 heavy (non-hydrogen) atoms. The molecule has 0 saturated carbocycles. The Hall–Kier alpha value is -1.20. The first-order chi connectivity index (χ1) is 8.31. The second-order valence-electron chi connectivity index (χ2n) is 3.66. The average molecular weight is 266 g/mol. The molecular weight excluding hydrogens is 252 g/mol. The van der Waals surface area contributed by atoms with Gasteiger partial charge in [-0.3, -0.25) is 4.79 Å². The van der Waals surface area contributed by atoms with E-state index in [1.54, 1.807) is 11.3 Å². The summed E-state index contributed by atoms with van der Waals surface area (Å²) in [6.07, 6.45) is 2.09. The van der Waals surface area contributed by atoms with Crippen molar-refractivity contribution in [1.29, 1.82) is 0 Å². The predicted octanol–water partition coefficient (Wildman–Crippen LogP) is 3.40. The van der Waals surface area contributed by atoms with Crippen LogP contribution in [-0.4, -0.2) is 17.4 Å². The van der Waals surface area contributed by atoms with Crippen LogP contribution in [0.4, 0.5) is 0 Å². The first kappa shape index (κ1) is 12.3. The molecule has 0 aromatic carbocycles. The van der Waals surface area contributed by atoms with Gasteiger partial charge < -0.3 is 5.32 Å². The van der Waals surface area contributed by atoms with Gasteiger partial charge in [0.1, 0.15) is 10.7 Å². The van der Waals surface area contributed by atoms with Crippen molar-refractivity contribution >= 4 is 28.6 Å². The summed E-state index contributed by atoms with van der Waals surface area (Å²) in [5.41, 5.74) is 1.61. The molecule has 0 aliphatic heterocycles. The van der Waals surface area contributed by atoms with E-state index >= 15 is 0 Å². The van der Waals surface area contributed by atoms with Gasteiger partial charge in [-0.2, -0.15) is 11.3 Å². The van der Waals surface area contributed by atoms with E-state index in [9.17, 15) is 4.79 Å². The quantitative estimate of drug-likeness (QED) is 0.843. The summed E-state index contributed by atoms with van der Waals surface area (Å²) in [7, 11) is 0. The molecular formula is C12H14N2OS2. The number of carbonyl (C=O) groups excluding carboxylic acids is 1. The minimum atomic E-state index is -0.0730. The lowest BCUT2D eigenvalue weighted by Gasteiger charge is -2.00. The maximum Gasteiger partial charge on any atom is 0.270 e. The van der Waals surface area contributed by atoms with E-state index in [2.05, 4.69) is 17.2 Å². The van der Waals surface area contributed by atoms with Crippen molar-refractivity contribution in [2.24, 2.45) is 0 Å². The fraction of sp³-hybridized carbons (Fsp3) is 0.333. The molecule has 2 aromatic rings. The van der Waals surface area contributed by atoms with Crippen molar-refractivity contribution in [2.45, 2.75) is 19.8 Å². The SMILES string of the molecule is CCCCNC(=O)c1csc(-c2ccsc2)n1. The van der Waals surface area contributed by atoms with Gasteiger partial charge >= 0.3 is 0 Å². The van der Waals surface area contributed by atoms with Gasteiger partial charge in [-0.15, -0.1) is 11.3 Å². The second kappa shape index (κ2) is 5.93. The van der Waals surface area contributed by atoms with Gasteiger partial charge in [0.05, 0.1) is 0 Å². The molecule has 0 bridgehead atoms. The van der Waals surface area contributed by atoms with Gasteiger partial charge in [0.25, 0.3) is 5.91 Å². The van der Waals surface area contributed by atoms with Crippen LogP contribution in [0.1, 0.15) is 30.3 Å². The highest BCUT2D eigenvalue weighted by Gasteiger charge is 2.11. The minimum absolute atomic E-state index is 0.0730. The Labute approximate surface area is 109 Å². The number of nitrogens with one attached hydrogen (secondary N) is 1. The standard InChI is InChI=1S/C12H14N2OS2/c1-2-3-5-13-11(15)10-8-17-12(14-10)9-4-6-16-7-9/h4,6-8H,2-3,5H2,1H3,(H,13,15). The number of hydrogen-bond donors (Lipinski definition) is 1. The third kappa shape index (κ3) is 3.14. The van der Waals surface area contributed by atoms with E-state index in [1.165, 1.54) is 11.3 Å². The highest BCUT2D eigenvalue weighted by Crippen LogP contribution is 2.25. The Morgan fingerprint density at radius 2 is 2.35 bits per heavy atom. The van der Waals surface area contributed by atoms with Gasteiger partial charge in [-0.05, 0) is 17.9 Å². The summed E-state index contributed by atoms with van der Waals surface area (Å²) in [5.74, 6) is -0.0730. The number of hydrogen-bond acceptors (Lipinski definition) is 4. The van der Waals surface area contributed by atoms with Crippen LogP contribution in [0.3, 0.4) is 0 Å². The lowest BCUT2D eigenvalue weighted by atomic mass is 10.3. The monoisotopic (exact) mass is 266 g/mol. The van der Waals surface area contributed by atoms with E-state index in [4.69, 9.17) is 0 Å². The Morgan fingerprint density at radius 3 is 3.06 bits per heavy atom. The van der Waals surface area contributed by atoms with Gasteiger partial charge in [0.15, 0.2) is 0 Å². The largest absolute Gasteiger partial charge is 0.351 e. The fourth-order valence-corrected chi connectivity index (χ4v) is 2.88. The smallest absolute Gasteiger partial charge is 0.270 e. The molecule has 0 aliphatic rings. The van der Waals surface area contributed by atoms with Gasteiger partial charge in [0.2, 0.25) is 0 Å². The van der Waals surface area contributed by atoms with E-state index in [1.807, 2.05) is 22.2 Å². The molecule has 0 aliphatic carbocycles. The molecule has 5 heteroatoms. The van der Waals surface area contributed by atoms with E-state index in [0.29, 0.717) is 5.69 Å². The Bertz CT molecular complexity index is 476. The Morgan fingerprint density at radius 1 is 1.47 bits per heavy atom. The molecule has 0 fully saturated rings. The molecule has 90 valence electrons. The van der Waals surface area contributed by atoms with Crippen LogP contribution in [0.15, 0.2) is 22.2 Å². The van der Waals surface area contributed by atoms with Crippen molar-refractivity contribution in [3.63, 3.8) is 0 Å². The number of aromatic nitrogens is 1. The van der Waals surface area contributed by atoms with Crippen LogP contribution in [0.25, 0.3) is 10.6 Å². The molecule has 0 unspecified atom stereocenters. The molecule has 2 rings (SSSR count). The predicted molar refractivity (Wildman–Crippen MR) is 72.7 cm³/mol. The molecule has 0 atom stereocenters. The highest BCUT2D eigenvalue weighted by atomic mass is 32.1. The van der Waals surface area contributed by atoms with Gasteiger partial charge in [-0.1, -0.05) is 13.3 Å². The molecule has 0 radical (unpaired) electrons. The summed E-state index contributed by atoms with van der Waals surface area (Å²) in [6, 6.07) is 2.02. The molecule has 0 saturated heterocycles. The van der Waals surface area contributed by atoms with E-state index < -0.39 is 0 Å². The highest BCUT2D eigenvalue weighted by molar-refractivity contribution is 7.14. The van der Waals surface area contributed by atoms with Crippen molar-refractivity contribution in [2.75, 3.05) is 6.54 Å². The lowest BCUT2D eigenvalue weighted by Crippen LogP contribution is -2.24. The average Bonchev–Trinajstić information content (AvgIpc) is 3.00. The summed E-state index contributed by atoms with van der Waals surface area (Å²) < 4.78 is 0. The zero-order chi connectivity index (χ0) is 12.1. The second-order valence-corrected chi connectivity index (χ2v) is 5.30. The first-order valence-corrected chi connectivity index (χ1v) is 7.40. The summed E-state index contributed by atoms with van der Waals surface area (Å²) >= 11 is 3.14. The van der Waals surface area contributed by atoms with Gasteiger partial charge in [0, 0.05) is 22.9 Å². The molecule has 2 aromatic heterocycles. The van der Waals surface area contributed by atoms with Crippen molar-refractivity contribution in [3.8, 4) is 10.6 Å². The van der Waals surface area contributed by atoms with Crippen LogP contribution in [0.5, 0.6) is 0 Å². The fourth-order valence-electron chi connectivity index (χ4n) is 1.37. The lowest BCUT2D eigenvalue weighted by molar-refractivity contribution is 0.0949. The number of carbonyl (C=O) groups is 1. The topological polar surface area (TPSA) is 42.0 Å². The number of unbranched alkanes of at least 4 members (excludes halogenated alkanes) is 1. The Kier molecular flexibility index (Phi) is 4.28. The maximum absolute atomic E-state index is 11.7. The number of thiophene rings is 1. The Balaban J connectivity index is 2.01. The molecule has 3 nitrogen and oxygen atoms in total. The number of rotatable bonds is 5. The van der Waals surface area contributed by atoms with Crippen molar-refractivity contribution in [1.82, 2.24) is 10.3 Å². The van der Waals surface area contributed by atoms with Crippen LogP contribution in [-0.2, 0) is 0 Å². The molecule has 1 amide bonds. The van der Waals surface area contributed by atoms with E-state index in [0.717, 1.165) is 30.0 Å². The summed E-state index contributed by atoms with van der Waals surface area (Å²) in [4.78, 5) is 16.1. The molecule has 2 heterocycles. The molecule has 0 spiro atoms. The first-order valence-electron chi connectivity index (χ1n) is 5.57. The number of thiazole rings is 1. The van der Waals surface area contributed by atoms with E-state index in [-0.39, 0.29) is 5.91 Å². The van der Waals surface area contributed by atoms with Crippen LogP contribution in [0.2, 0.25) is 0 Å². The zero-order valence-electron chi connectivity index (χ0n) is 9.60. The van der Waals surface area contributed by atoms with Gasteiger partial charge in [-0.25, -0.2) is 4.98 Å². The minimum Gasteiger partial charge on any atom is -0.351 e. The number of amides is 1.